The number of rotatable bonds is 5. The summed E-state index contributed by atoms with van der Waals surface area (Å²) in [5.41, 5.74) is 1.54. The van der Waals surface area contributed by atoms with Gasteiger partial charge in [0.1, 0.15) is 5.82 Å². The average molecular weight is 344 g/mol. The number of piperazine rings is 1. The predicted molar refractivity (Wildman–Crippen MR) is 90.3 cm³/mol. The lowest BCUT2D eigenvalue weighted by Gasteiger charge is -2.36. The third kappa shape index (κ3) is 4.41. The highest BCUT2D eigenvalue weighted by Crippen LogP contribution is 2.28. The van der Waals surface area contributed by atoms with Crippen LogP contribution in [0.15, 0.2) is 18.2 Å². The molecule has 0 aliphatic carbocycles. The van der Waals surface area contributed by atoms with Gasteiger partial charge in [0.25, 0.3) is 10.2 Å². The molecule has 1 atom stereocenters. The van der Waals surface area contributed by atoms with Crippen molar-refractivity contribution in [1.82, 2.24) is 13.9 Å². The molecule has 1 saturated heterocycles. The van der Waals surface area contributed by atoms with Crippen LogP contribution < -0.4 is 9.62 Å². The van der Waals surface area contributed by atoms with Crippen LogP contribution in [0.4, 0.5) is 10.1 Å². The minimum atomic E-state index is -3.58. The van der Waals surface area contributed by atoms with Crippen LogP contribution in [0.5, 0.6) is 0 Å². The number of hydrogen-bond donors (Lipinski definition) is 1. The lowest BCUT2D eigenvalue weighted by molar-refractivity contribution is 0.312. The Hall–Kier alpha value is -1.22. The Morgan fingerprint density at radius 2 is 1.83 bits per heavy atom. The molecule has 8 heteroatoms. The third-order valence-electron chi connectivity index (χ3n) is 4.11. The number of benzene rings is 1. The standard InChI is InChI=1S/C15H25FN4O2S/c1-12(17-23(21,22)18(2)3)14-11-13(16)5-6-15(14)20-9-7-19(4)8-10-20/h5-6,11-12,17H,7-10H2,1-4H3. The van der Waals surface area contributed by atoms with Crippen molar-refractivity contribution in [2.24, 2.45) is 0 Å². The van der Waals surface area contributed by atoms with E-state index in [1.807, 2.05) is 0 Å². The zero-order valence-electron chi connectivity index (χ0n) is 14.1. The van der Waals surface area contributed by atoms with E-state index in [9.17, 15) is 12.8 Å². The van der Waals surface area contributed by atoms with E-state index in [2.05, 4.69) is 21.6 Å². The van der Waals surface area contributed by atoms with Crippen molar-refractivity contribution < 1.29 is 12.8 Å². The summed E-state index contributed by atoms with van der Waals surface area (Å²) in [6, 6.07) is 4.05. The molecule has 1 aromatic carbocycles. The van der Waals surface area contributed by atoms with Gasteiger partial charge in [-0.05, 0) is 37.7 Å². The lowest BCUT2D eigenvalue weighted by Crippen LogP contribution is -2.45. The topological polar surface area (TPSA) is 55.9 Å². The van der Waals surface area contributed by atoms with Gasteiger partial charge in [0, 0.05) is 52.0 Å². The third-order valence-corrected chi connectivity index (χ3v) is 5.72. The van der Waals surface area contributed by atoms with Crippen LogP contribution >= 0.6 is 0 Å². The molecule has 0 saturated carbocycles. The second-order valence-corrected chi connectivity index (χ2v) is 8.04. The van der Waals surface area contributed by atoms with Gasteiger partial charge in [0.05, 0.1) is 0 Å². The molecule has 1 aromatic rings. The molecule has 130 valence electrons. The minimum absolute atomic E-state index is 0.367. The number of anilines is 1. The van der Waals surface area contributed by atoms with Crippen LogP contribution in [0, 0.1) is 5.82 Å². The van der Waals surface area contributed by atoms with Gasteiger partial charge in [0.15, 0.2) is 0 Å². The smallest absolute Gasteiger partial charge is 0.279 e. The molecule has 1 aliphatic heterocycles. The maximum Gasteiger partial charge on any atom is 0.279 e. The molecule has 0 bridgehead atoms. The van der Waals surface area contributed by atoms with Crippen molar-refractivity contribution in [3.05, 3.63) is 29.6 Å². The summed E-state index contributed by atoms with van der Waals surface area (Å²) < 4.78 is 41.5. The Morgan fingerprint density at radius 1 is 1.22 bits per heavy atom. The first-order valence-corrected chi connectivity index (χ1v) is 9.07. The fourth-order valence-electron chi connectivity index (χ4n) is 2.60. The molecular weight excluding hydrogens is 319 g/mol. The van der Waals surface area contributed by atoms with Gasteiger partial charge in [-0.1, -0.05) is 0 Å². The molecule has 0 spiro atoms. The lowest BCUT2D eigenvalue weighted by atomic mass is 10.0. The molecule has 0 amide bonds. The molecule has 6 nitrogen and oxygen atoms in total. The summed E-state index contributed by atoms with van der Waals surface area (Å²) in [4.78, 5) is 4.41. The zero-order valence-corrected chi connectivity index (χ0v) is 14.9. The highest BCUT2D eigenvalue weighted by molar-refractivity contribution is 7.87. The summed E-state index contributed by atoms with van der Waals surface area (Å²) in [7, 11) is 1.41. The van der Waals surface area contributed by atoms with E-state index in [1.54, 1.807) is 13.0 Å². The molecule has 23 heavy (non-hydrogen) atoms. The molecule has 0 aromatic heterocycles. The largest absolute Gasteiger partial charge is 0.369 e. The molecule has 1 unspecified atom stereocenters. The van der Waals surface area contributed by atoms with Crippen LogP contribution in [-0.4, -0.2) is 64.9 Å². The minimum Gasteiger partial charge on any atom is -0.369 e. The Bertz CT molecular complexity index is 643. The van der Waals surface area contributed by atoms with Crippen molar-refractivity contribution in [1.29, 1.82) is 0 Å². The second kappa shape index (κ2) is 7.12. The number of nitrogens with one attached hydrogen (secondary N) is 1. The van der Waals surface area contributed by atoms with Crippen LogP contribution in [0.1, 0.15) is 18.5 Å². The van der Waals surface area contributed by atoms with Crippen LogP contribution in [0.3, 0.4) is 0 Å². The van der Waals surface area contributed by atoms with E-state index in [1.165, 1.54) is 26.2 Å². The van der Waals surface area contributed by atoms with E-state index >= 15 is 0 Å². The first kappa shape index (κ1) is 18.1. The summed E-state index contributed by atoms with van der Waals surface area (Å²) in [6.45, 7) is 5.25. The summed E-state index contributed by atoms with van der Waals surface area (Å²) in [5, 5.41) is 0. The van der Waals surface area contributed by atoms with Crippen LogP contribution in [-0.2, 0) is 10.2 Å². The van der Waals surface area contributed by atoms with E-state index in [4.69, 9.17) is 0 Å². The molecule has 1 heterocycles. The highest BCUT2D eigenvalue weighted by atomic mass is 32.2. The molecule has 0 radical (unpaired) electrons. The van der Waals surface area contributed by atoms with E-state index in [-0.39, 0.29) is 5.82 Å². The van der Waals surface area contributed by atoms with Gasteiger partial charge >= 0.3 is 0 Å². The van der Waals surface area contributed by atoms with E-state index in [0.29, 0.717) is 5.56 Å². The van der Waals surface area contributed by atoms with Gasteiger partial charge in [0.2, 0.25) is 0 Å². The summed E-state index contributed by atoms with van der Waals surface area (Å²) >= 11 is 0. The fourth-order valence-corrected chi connectivity index (χ4v) is 3.38. The molecule has 1 fully saturated rings. The Kier molecular flexibility index (Phi) is 5.61. The number of halogens is 1. The van der Waals surface area contributed by atoms with Gasteiger partial charge in [-0.15, -0.1) is 0 Å². The Morgan fingerprint density at radius 3 is 2.39 bits per heavy atom. The average Bonchev–Trinajstić information content (AvgIpc) is 2.47. The first-order chi connectivity index (χ1) is 10.7. The molecule has 2 rings (SSSR count). The molecule has 1 N–H and O–H groups in total. The van der Waals surface area contributed by atoms with Gasteiger partial charge in [-0.25, -0.2) is 4.39 Å². The molecular formula is C15H25FN4O2S. The normalized spacial score (nSPS) is 18.4. The van der Waals surface area contributed by atoms with E-state index in [0.717, 1.165) is 36.2 Å². The number of nitrogens with zero attached hydrogens (tertiary/aromatic N) is 3. The van der Waals surface area contributed by atoms with Crippen molar-refractivity contribution in [2.75, 3.05) is 52.2 Å². The maximum atomic E-state index is 13.7. The quantitative estimate of drug-likeness (QED) is 0.867. The predicted octanol–water partition coefficient (Wildman–Crippen LogP) is 1.03. The van der Waals surface area contributed by atoms with Crippen molar-refractivity contribution in [3.63, 3.8) is 0 Å². The van der Waals surface area contributed by atoms with E-state index < -0.39 is 16.3 Å². The van der Waals surface area contributed by atoms with Crippen LogP contribution in [0.25, 0.3) is 0 Å². The SMILES string of the molecule is CC(NS(=O)(=O)N(C)C)c1cc(F)ccc1N1CCN(C)CC1. The summed E-state index contributed by atoms with van der Waals surface area (Å²) in [5.74, 6) is -0.367. The first-order valence-electron chi connectivity index (χ1n) is 7.63. The van der Waals surface area contributed by atoms with Gasteiger partial charge in [-0.2, -0.15) is 17.4 Å². The highest BCUT2D eigenvalue weighted by Gasteiger charge is 2.23. The van der Waals surface area contributed by atoms with Gasteiger partial charge in [-0.3, -0.25) is 0 Å². The maximum absolute atomic E-state index is 13.7. The monoisotopic (exact) mass is 344 g/mol. The van der Waals surface area contributed by atoms with Crippen molar-refractivity contribution >= 4 is 15.9 Å². The van der Waals surface area contributed by atoms with Crippen LogP contribution in [0.2, 0.25) is 0 Å². The van der Waals surface area contributed by atoms with Crippen molar-refractivity contribution in [2.45, 2.75) is 13.0 Å². The van der Waals surface area contributed by atoms with Gasteiger partial charge < -0.3 is 9.80 Å². The number of likely N-dealkylation sites (N-methyl/N-ethyl adjacent to an activating group) is 1. The summed E-state index contributed by atoms with van der Waals surface area (Å²) in [6.07, 6.45) is 0. The Balaban J connectivity index is 2.28. The fraction of sp³-hybridized carbons (Fsp3) is 0.600. The zero-order chi connectivity index (χ0) is 17.2. The second-order valence-electron chi connectivity index (χ2n) is 6.12. The number of hydrogen-bond acceptors (Lipinski definition) is 4. The van der Waals surface area contributed by atoms with Crippen molar-refractivity contribution in [3.8, 4) is 0 Å². The molecule has 1 aliphatic rings. The Labute approximate surface area is 138 Å².